The van der Waals surface area contributed by atoms with Crippen LogP contribution in [-0.2, 0) is 19.2 Å². The van der Waals surface area contributed by atoms with E-state index in [0.717, 1.165) is 5.56 Å². The average molecular weight is 432 g/mol. The Morgan fingerprint density at radius 2 is 2.00 bits per heavy atom. The maximum Gasteiger partial charge on any atom is 0.305 e. The average Bonchev–Trinajstić information content (AvgIpc) is 3.20. The first-order chi connectivity index (χ1) is 14.6. The van der Waals surface area contributed by atoms with Crippen molar-refractivity contribution in [2.24, 2.45) is 5.92 Å². The number of carbonyl (C=O) groups is 5. The number of rotatable bonds is 9. The SMILES string of the molecule is Cc1ccncc1C(=O)N[C@H](C(=O)N1CCC[C@H]1C(=O)N[C@H](C=O)CC(=O)O)C(C)C. The Bertz CT molecular complexity index is 856. The van der Waals surface area contributed by atoms with Crippen molar-refractivity contribution < 1.29 is 29.1 Å². The van der Waals surface area contributed by atoms with E-state index in [9.17, 15) is 24.0 Å². The Morgan fingerprint density at radius 1 is 1.29 bits per heavy atom. The minimum atomic E-state index is -1.22. The van der Waals surface area contributed by atoms with E-state index in [2.05, 4.69) is 15.6 Å². The summed E-state index contributed by atoms with van der Waals surface area (Å²) in [6.07, 6.45) is 3.79. The number of carboxylic acids is 1. The molecular weight excluding hydrogens is 404 g/mol. The van der Waals surface area contributed by atoms with Crippen LogP contribution in [-0.4, -0.2) is 69.6 Å². The lowest BCUT2D eigenvalue weighted by Gasteiger charge is -2.31. The number of hydrogen-bond acceptors (Lipinski definition) is 6. The van der Waals surface area contributed by atoms with Crippen molar-refractivity contribution in [2.75, 3.05) is 6.54 Å². The van der Waals surface area contributed by atoms with Crippen molar-refractivity contribution in [2.45, 2.75) is 58.2 Å². The third kappa shape index (κ3) is 6.09. The summed E-state index contributed by atoms with van der Waals surface area (Å²) in [6.45, 7) is 5.68. The summed E-state index contributed by atoms with van der Waals surface area (Å²) in [5.74, 6) is -2.87. The molecule has 1 aromatic rings. The number of carboxylic acid groups (broad SMARTS) is 1. The van der Waals surface area contributed by atoms with Gasteiger partial charge in [0.05, 0.1) is 18.0 Å². The Morgan fingerprint density at radius 3 is 2.58 bits per heavy atom. The van der Waals surface area contributed by atoms with Crippen LogP contribution >= 0.6 is 0 Å². The molecule has 10 heteroatoms. The summed E-state index contributed by atoms with van der Waals surface area (Å²) in [6, 6.07) is -1.16. The lowest BCUT2D eigenvalue weighted by atomic mass is 10.0. The largest absolute Gasteiger partial charge is 0.481 e. The van der Waals surface area contributed by atoms with Crippen LogP contribution in [0.1, 0.15) is 49.0 Å². The van der Waals surface area contributed by atoms with E-state index in [1.165, 1.54) is 11.1 Å². The molecule has 3 atom stereocenters. The summed E-state index contributed by atoms with van der Waals surface area (Å²) >= 11 is 0. The molecule has 0 spiro atoms. The molecule has 1 saturated heterocycles. The van der Waals surface area contributed by atoms with E-state index in [1.54, 1.807) is 33.0 Å². The van der Waals surface area contributed by atoms with Gasteiger partial charge in [-0.15, -0.1) is 0 Å². The molecule has 3 amide bonds. The van der Waals surface area contributed by atoms with Gasteiger partial charge in [-0.3, -0.25) is 24.2 Å². The molecule has 168 valence electrons. The summed E-state index contributed by atoms with van der Waals surface area (Å²) in [4.78, 5) is 65.8. The van der Waals surface area contributed by atoms with Crippen LogP contribution in [0.5, 0.6) is 0 Å². The Kier molecular flexibility index (Phi) is 8.23. The first-order valence-corrected chi connectivity index (χ1v) is 10.1. The number of aldehydes is 1. The van der Waals surface area contributed by atoms with E-state index < -0.39 is 48.2 Å². The zero-order valence-electron chi connectivity index (χ0n) is 17.8. The third-order valence-electron chi connectivity index (χ3n) is 5.23. The van der Waals surface area contributed by atoms with Gasteiger partial charge in [-0.2, -0.15) is 0 Å². The summed E-state index contributed by atoms with van der Waals surface area (Å²) in [5.41, 5.74) is 1.08. The molecule has 2 heterocycles. The molecule has 31 heavy (non-hydrogen) atoms. The van der Waals surface area contributed by atoms with Gasteiger partial charge in [0, 0.05) is 18.9 Å². The van der Waals surface area contributed by atoms with Crippen LogP contribution in [0.4, 0.5) is 0 Å². The molecule has 2 rings (SSSR count). The molecule has 3 N–H and O–H groups in total. The number of nitrogens with zero attached hydrogens (tertiary/aromatic N) is 2. The van der Waals surface area contributed by atoms with Crippen molar-refractivity contribution in [3.8, 4) is 0 Å². The standard InChI is InChI=1S/C21H28N4O6/c1-12(2)18(24-19(29)15-10-22-7-6-13(15)3)21(31)25-8-4-5-16(25)20(30)23-14(11-26)9-17(27)28/h6-7,10-12,14,16,18H,4-5,8-9H2,1-3H3,(H,23,30)(H,24,29)(H,27,28)/t14-,16-,18-/m0/s1. The number of pyridine rings is 1. The Labute approximate surface area is 180 Å². The number of likely N-dealkylation sites (tertiary alicyclic amines) is 1. The van der Waals surface area contributed by atoms with Crippen LogP contribution in [0.25, 0.3) is 0 Å². The zero-order chi connectivity index (χ0) is 23.1. The number of aryl methyl sites for hydroxylation is 1. The predicted molar refractivity (Wildman–Crippen MR) is 110 cm³/mol. The molecule has 0 unspecified atom stereocenters. The van der Waals surface area contributed by atoms with Crippen LogP contribution in [0.2, 0.25) is 0 Å². The van der Waals surface area contributed by atoms with Crippen LogP contribution in [0.15, 0.2) is 18.5 Å². The van der Waals surface area contributed by atoms with Gasteiger partial charge in [-0.05, 0) is 37.3 Å². The Balaban J connectivity index is 2.14. The molecule has 0 saturated carbocycles. The molecule has 1 aromatic heterocycles. The molecule has 1 aliphatic heterocycles. The highest BCUT2D eigenvalue weighted by atomic mass is 16.4. The lowest BCUT2D eigenvalue weighted by Crippen LogP contribution is -2.56. The van der Waals surface area contributed by atoms with Gasteiger partial charge in [0.2, 0.25) is 11.8 Å². The topological polar surface area (TPSA) is 146 Å². The van der Waals surface area contributed by atoms with Crippen molar-refractivity contribution in [1.29, 1.82) is 0 Å². The fourth-order valence-electron chi connectivity index (χ4n) is 3.52. The summed E-state index contributed by atoms with van der Waals surface area (Å²) in [5, 5.41) is 14.0. The smallest absolute Gasteiger partial charge is 0.305 e. The first-order valence-electron chi connectivity index (χ1n) is 10.1. The maximum absolute atomic E-state index is 13.2. The van der Waals surface area contributed by atoms with Gasteiger partial charge >= 0.3 is 5.97 Å². The quantitative estimate of drug-likeness (QED) is 0.476. The molecule has 0 aliphatic carbocycles. The fourth-order valence-corrected chi connectivity index (χ4v) is 3.52. The minimum Gasteiger partial charge on any atom is -0.481 e. The highest BCUT2D eigenvalue weighted by molar-refractivity contribution is 5.99. The Hall–Kier alpha value is -3.30. The summed E-state index contributed by atoms with van der Waals surface area (Å²) < 4.78 is 0. The molecule has 1 aliphatic rings. The van der Waals surface area contributed by atoms with Crippen LogP contribution in [0, 0.1) is 12.8 Å². The number of nitrogens with one attached hydrogen (secondary N) is 2. The predicted octanol–water partition coefficient (Wildman–Crippen LogP) is 0.294. The van der Waals surface area contributed by atoms with Gasteiger partial charge < -0.3 is 25.4 Å². The van der Waals surface area contributed by atoms with E-state index >= 15 is 0 Å². The van der Waals surface area contributed by atoms with E-state index in [1.807, 2.05) is 0 Å². The second kappa shape index (κ2) is 10.6. The number of carbonyl (C=O) groups excluding carboxylic acids is 4. The first kappa shape index (κ1) is 24.0. The van der Waals surface area contributed by atoms with Gasteiger partial charge in [0.1, 0.15) is 18.4 Å². The van der Waals surface area contributed by atoms with Crippen molar-refractivity contribution >= 4 is 30.0 Å². The zero-order valence-corrected chi connectivity index (χ0v) is 17.8. The second-order valence-electron chi connectivity index (χ2n) is 7.92. The monoisotopic (exact) mass is 432 g/mol. The van der Waals surface area contributed by atoms with Crippen molar-refractivity contribution in [3.63, 3.8) is 0 Å². The molecule has 1 fully saturated rings. The molecule has 0 aromatic carbocycles. The van der Waals surface area contributed by atoms with Gasteiger partial charge in [0.15, 0.2) is 0 Å². The van der Waals surface area contributed by atoms with E-state index in [0.29, 0.717) is 31.2 Å². The lowest BCUT2D eigenvalue weighted by molar-refractivity contribution is -0.142. The minimum absolute atomic E-state index is 0.243. The number of amides is 3. The number of hydrogen-bond donors (Lipinski definition) is 3. The van der Waals surface area contributed by atoms with Crippen molar-refractivity contribution in [1.82, 2.24) is 20.5 Å². The molecular formula is C21H28N4O6. The highest BCUT2D eigenvalue weighted by Crippen LogP contribution is 2.21. The molecule has 0 radical (unpaired) electrons. The van der Waals surface area contributed by atoms with E-state index in [-0.39, 0.29) is 5.92 Å². The van der Waals surface area contributed by atoms with Gasteiger partial charge in [0.25, 0.3) is 5.91 Å². The van der Waals surface area contributed by atoms with Gasteiger partial charge in [-0.1, -0.05) is 13.8 Å². The molecule has 10 nitrogen and oxygen atoms in total. The highest BCUT2D eigenvalue weighted by Gasteiger charge is 2.39. The fraction of sp³-hybridized carbons (Fsp3) is 0.524. The van der Waals surface area contributed by atoms with Crippen molar-refractivity contribution in [3.05, 3.63) is 29.6 Å². The second-order valence-corrected chi connectivity index (χ2v) is 7.92. The van der Waals surface area contributed by atoms with Gasteiger partial charge in [-0.25, -0.2) is 0 Å². The van der Waals surface area contributed by atoms with Crippen LogP contribution in [0.3, 0.4) is 0 Å². The maximum atomic E-state index is 13.2. The summed E-state index contributed by atoms with van der Waals surface area (Å²) in [7, 11) is 0. The number of aliphatic carboxylic acids is 1. The van der Waals surface area contributed by atoms with E-state index in [4.69, 9.17) is 5.11 Å². The van der Waals surface area contributed by atoms with Crippen LogP contribution < -0.4 is 10.6 Å². The third-order valence-corrected chi connectivity index (χ3v) is 5.23. The normalized spacial score (nSPS) is 17.7. The number of aromatic nitrogens is 1. The molecule has 0 bridgehead atoms.